The minimum Gasteiger partial charge on any atom is -0.383 e. The third-order valence-corrected chi connectivity index (χ3v) is 5.94. The molecule has 1 aromatic carbocycles. The standard InChI is InChI=1S/C22H17BrFN5O2/c23-15-9-12(6-7-16(15)24)19-14(10-25)21(26)29(17-4-1-5-18(30)20(17)19)28-22(31)13-3-2-8-27-11-13/h2-3,6-9,11,19H,1,4-5,26H2,(H,28,31). The first kappa shape index (κ1) is 20.8. The largest absolute Gasteiger partial charge is 0.383 e. The Morgan fingerprint density at radius 3 is 2.84 bits per heavy atom. The van der Waals surface area contributed by atoms with E-state index in [2.05, 4.69) is 32.4 Å². The third-order valence-electron chi connectivity index (χ3n) is 5.33. The molecule has 0 saturated carbocycles. The average Bonchev–Trinajstić information content (AvgIpc) is 2.78. The van der Waals surface area contributed by atoms with Crippen LogP contribution in [0.15, 0.2) is 69.9 Å². The molecule has 0 radical (unpaired) electrons. The van der Waals surface area contributed by atoms with Crippen molar-refractivity contribution in [1.82, 2.24) is 15.4 Å². The van der Waals surface area contributed by atoms with Crippen LogP contribution in [0.3, 0.4) is 0 Å². The van der Waals surface area contributed by atoms with Crippen molar-refractivity contribution >= 4 is 27.6 Å². The number of rotatable bonds is 3. The van der Waals surface area contributed by atoms with Gasteiger partial charge in [-0.25, -0.2) is 9.40 Å². The molecular formula is C22H17BrFN5O2. The minimum absolute atomic E-state index is 0.0265. The molecule has 0 spiro atoms. The van der Waals surface area contributed by atoms with Gasteiger partial charge in [-0.15, -0.1) is 0 Å². The van der Waals surface area contributed by atoms with Crippen molar-refractivity contribution < 1.29 is 14.0 Å². The second kappa shape index (κ2) is 8.32. The fourth-order valence-corrected chi connectivity index (χ4v) is 4.30. The first-order valence-corrected chi connectivity index (χ1v) is 10.3. The van der Waals surface area contributed by atoms with Crippen molar-refractivity contribution in [2.75, 3.05) is 0 Å². The number of nitriles is 1. The summed E-state index contributed by atoms with van der Waals surface area (Å²) in [6, 6.07) is 9.66. The predicted octanol–water partition coefficient (Wildman–Crippen LogP) is 3.43. The van der Waals surface area contributed by atoms with Crippen LogP contribution in [-0.4, -0.2) is 21.7 Å². The summed E-state index contributed by atoms with van der Waals surface area (Å²) in [7, 11) is 0. The maximum Gasteiger partial charge on any atom is 0.271 e. The number of hydrogen-bond donors (Lipinski definition) is 2. The molecule has 3 N–H and O–H groups in total. The number of benzene rings is 1. The molecule has 156 valence electrons. The van der Waals surface area contributed by atoms with Gasteiger partial charge in [-0.05, 0) is 58.6 Å². The van der Waals surface area contributed by atoms with E-state index in [1.807, 2.05) is 0 Å². The minimum atomic E-state index is -0.740. The van der Waals surface area contributed by atoms with E-state index in [1.165, 1.54) is 23.3 Å². The quantitative estimate of drug-likeness (QED) is 0.694. The molecule has 2 aliphatic rings. The normalized spacial score (nSPS) is 18.5. The zero-order valence-electron chi connectivity index (χ0n) is 16.2. The van der Waals surface area contributed by atoms with Crippen molar-refractivity contribution in [1.29, 1.82) is 5.26 Å². The molecule has 0 bridgehead atoms. The molecular weight excluding hydrogens is 465 g/mol. The van der Waals surface area contributed by atoms with Gasteiger partial charge in [0.05, 0.1) is 27.6 Å². The van der Waals surface area contributed by atoms with Crippen molar-refractivity contribution in [2.24, 2.45) is 5.73 Å². The Labute approximate surface area is 186 Å². The monoisotopic (exact) mass is 481 g/mol. The first-order valence-electron chi connectivity index (χ1n) is 9.54. The number of amides is 1. The molecule has 1 aliphatic heterocycles. The summed E-state index contributed by atoms with van der Waals surface area (Å²) in [5.41, 5.74) is 10.9. The highest BCUT2D eigenvalue weighted by Gasteiger charge is 2.40. The second-order valence-electron chi connectivity index (χ2n) is 7.17. The maximum absolute atomic E-state index is 13.8. The predicted molar refractivity (Wildman–Crippen MR) is 113 cm³/mol. The molecule has 1 atom stereocenters. The lowest BCUT2D eigenvalue weighted by molar-refractivity contribution is -0.116. The summed E-state index contributed by atoms with van der Waals surface area (Å²) >= 11 is 3.16. The number of nitrogens with zero attached hydrogens (tertiary/aromatic N) is 3. The van der Waals surface area contributed by atoms with E-state index in [1.54, 1.807) is 24.4 Å². The van der Waals surface area contributed by atoms with Crippen molar-refractivity contribution in [2.45, 2.75) is 25.2 Å². The summed E-state index contributed by atoms with van der Waals surface area (Å²) in [4.78, 5) is 29.6. The van der Waals surface area contributed by atoms with Gasteiger partial charge in [0.2, 0.25) is 0 Å². The number of aromatic nitrogens is 1. The number of ketones is 1. The number of nitrogens with one attached hydrogen (secondary N) is 1. The van der Waals surface area contributed by atoms with E-state index in [0.717, 1.165) is 0 Å². The molecule has 4 rings (SSSR count). The third kappa shape index (κ3) is 3.70. The molecule has 0 fully saturated rings. The molecule has 1 aliphatic carbocycles. The Hall–Kier alpha value is -3.51. The van der Waals surface area contributed by atoms with Gasteiger partial charge in [0.25, 0.3) is 5.91 Å². The summed E-state index contributed by atoms with van der Waals surface area (Å²) < 4.78 is 14.0. The van der Waals surface area contributed by atoms with Gasteiger partial charge in [0.1, 0.15) is 11.6 Å². The number of hydrazine groups is 1. The molecule has 0 saturated heterocycles. The summed E-state index contributed by atoms with van der Waals surface area (Å²) in [6.45, 7) is 0. The van der Waals surface area contributed by atoms with Crippen LogP contribution in [0.25, 0.3) is 0 Å². The lowest BCUT2D eigenvalue weighted by Crippen LogP contribution is -2.48. The van der Waals surface area contributed by atoms with Crippen LogP contribution < -0.4 is 11.2 Å². The fourth-order valence-electron chi connectivity index (χ4n) is 3.90. The van der Waals surface area contributed by atoms with Crippen molar-refractivity contribution in [3.63, 3.8) is 0 Å². The number of Topliss-reactive ketones (excluding diaryl/α,β-unsaturated/α-hetero) is 1. The number of carbonyl (C=O) groups is 2. The van der Waals surface area contributed by atoms with Crippen molar-refractivity contribution in [3.05, 3.63) is 86.8 Å². The van der Waals surface area contributed by atoms with E-state index >= 15 is 0 Å². The van der Waals surface area contributed by atoms with Crippen LogP contribution in [-0.2, 0) is 4.79 Å². The summed E-state index contributed by atoms with van der Waals surface area (Å²) in [6.07, 6.45) is 4.36. The Kier molecular flexibility index (Phi) is 5.57. The highest BCUT2D eigenvalue weighted by molar-refractivity contribution is 9.10. The van der Waals surface area contributed by atoms with Crippen LogP contribution in [0.5, 0.6) is 0 Å². The van der Waals surface area contributed by atoms with Crippen LogP contribution in [0.2, 0.25) is 0 Å². The van der Waals surface area contributed by atoms with Crippen molar-refractivity contribution in [3.8, 4) is 6.07 Å². The zero-order valence-corrected chi connectivity index (χ0v) is 17.8. The fraction of sp³-hybridized carbons (Fsp3) is 0.182. The van der Waals surface area contributed by atoms with E-state index in [-0.39, 0.29) is 21.7 Å². The topological polar surface area (TPSA) is 112 Å². The Bertz CT molecular complexity index is 1190. The Morgan fingerprint density at radius 2 is 2.16 bits per heavy atom. The molecule has 1 aromatic heterocycles. The molecule has 1 amide bonds. The maximum atomic E-state index is 13.8. The Morgan fingerprint density at radius 1 is 1.35 bits per heavy atom. The first-order chi connectivity index (χ1) is 14.9. The lowest BCUT2D eigenvalue weighted by atomic mass is 9.76. The molecule has 1 unspecified atom stereocenters. The van der Waals surface area contributed by atoms with E-state index < -0.39 is 17.6 Å². The Balaban J connectivity index is 1.83. The van der Waals surface area contributed by atoms with Gasteiger partial charge in [-0.2, -0.15) is 5.26 Å². The molecule has 7 nitrogen and oxygen atoms in total. The lowest BCUT2D eigenvalue weighted by Gasteiger charge is -2.39. The van der Waals surface area contributed by atoms with E-state index in [0.29, 0.717) is 41.7 Å². The smallest absolute Gasteiger partial charge is 0.271 e. The van der Waals surface area contributed by atoms with Gasteiger partial charge in [0.15, 0.2) is 5.78 Å². The SMILES string of the molecule is N#CC1=C(N)N(NC(=O)c2cccnc2)C2=C(C(=O)CCC2)C1c1ccc(F)c(Br)c1. The van der Waals surface area contributed by atoms with Gasteiger partial charge in [-0.1, -0.05) is 6.07 Å². The van der Waals surface area contributed by atoms with Crippen LogP contribution in [0, 0.1) is 17.1 Å². The van der Waals surface area contributed by atoms with Gasteiger partial charge in [0, 0.05) is 30.1 Å². The molecule has 9 heteroatoms. The molecule has 2 aromatic rings. The average molecular weight is 482 g/mol. The number of allylic oxidation sites excluding steroid dienone is 3. The highest BCUT2D eigenvalue weighted by Crippen LogP contribution is 2.44. The van der Waals surface area contributed by atoms with Crippen LogP contribution in [0.4, 0.5) is 4.39 Å². The van der Waals surface area contributed by atoms with Crippen LogP contribution >= 0.6 is 15.9 Å². The highest BCUT2D eigenvalue weighted by atomic mass is 79.9. The number of halogens is 2. The zero-order chi connectivity index (χ0) is 22.1. The number of carbonyl (C=O) groups excluding carboxylic acids is 2. The summed E-state index contributed by atoms with van der Waals surface area (Å²) in [5.74, 6) is -1.77. The van der Waals surface area contributed by atoms with Gasteiger partial charge >= 0.3 is 0 Å². The number of hydrogen-bond acceptors (Lipinski definition) is 6. The molecule has 2 heterocycles. The second-order valence-corrected chi connectivity index (χ2v) is 8.03. The van der Waals surface area contributed by atoms with Gasteiger partial charge in [-0.3, -0.25) is 20.0 Å². The number of nitrogens with two attached hydrogens (primary N) is 1. The van der Waals surface area contributed by atoms with E-state index in [9.17, 15) is 19.2 Å². The molecule has 31 heavy (non-hydrogen) atoms. The summed E-state index contributed by atoms with van der Waals surface area (Å²) in [5, 5.41) is 11.2. The van der Waals surface area contributed by atoms with Gasteiger partial charge < -0.3 is 5.73 Å². The van der Waals surface area contributed by atoms with Crippen LogP contribution in [0.1, 0.15) is 41.1 Å². The number of pyridine rings is 1. The van der Waals surface area contributed by atoms with E-state index in [4.69, 9.17) is 5.73 Å².